The number of fused-ring (bicyclic) bond motifs is 3. The maximum absolute atomic E-state index is 13.6. The van der Waals surface area contributed by atoms with E-state index in [4.69, 9.17) is 4.98 Å². The third-order valence-corrected chi connectivity index (χ3v) is 6.53. The highest BCUT2D eigenvalue weighted by atomic mass is 16.1. The van der Waals surface area contributed by atoms with Crippen LogP contribution in [-0.4, -0.2) is 15.3 Å². The molecule has 0 fully saturated rings. The van der Waals surface area contributed by atoms with Gasteiger partial charge in [-0.15, -0.1) is 0 Å². The molecule has 1 aliphatic heterocycles. The Balaban J connectivity index is 1.55. The van der Waals surface area contributed by atoms with Crippen LogP contribution >= 0.6 is 0 Å². The molecule has 0 spiro atoms. The lowest BCUT2D eigenvalue weighted by atomic mass is 9.77. The molecular formula is C27H23N3O. The molecule has 3 aromatic carbocycles. The average Bonchev–Trinajstić information content (AvgIpc) is 3.16. The quantitative estimate of drug-likeness (QED) is 0.461. The number of hydrogen-bond acceptors (Lipinski definition) is 3. The summed E-state index contributed by atoms with van der Waals surface area (Å²) >= 11 is 0. The summed E-state index contributed by atoms with van der Waals surface area (Å²) in [6.07, 6.45) is 1.35. The Kier molecular flexibility index (Phi) is 4.06. The van der Waals surface area contributed by atoms with Crippen molar-refractivity contribution < 1.29 is 4.79 Å². The van der Waals surface area contributed by atoms with E-state index in [0.717, 1.165) is 40.2 Å². The minimum atomic E-state index is -0.164. The molecule has 6 rings (SSSR count). The molecular weight excluding hydrogens is 382 g/mol. The van der Waals surface area contributed by atoms with Crippen LogP contribution in [0.25, 0.3) is 11.0 Å². The number of allylic oxidation sites excluding steroid dienone is 2. The van der Waals surface area contributed by atoms with Crippen LogP contribution in [0.4, 0.5) is 5.95 Å². The van der Waals surface area contributed by atoms with E-state index in [1.165, 1.54) is 11.1 Å². The average molecular weight is 406 g/mol. The number of nitrogens with one attached hydrogen (secondary N) is 1. The van der Waals surface area contributed by atoms with Crippen molar-refractivity contribution >= 4 is 22.8 Å². The van der Waals surface area contributed by atoms with Gasteiger partial charge in [-0.05, 0) is 42.5 Å². The lowest BCUT2D eigenvalue weighted by molar-refractivity contribution is -0.116. The lowest BCUT2D eigenvalue weighted by Gasteiger charge is -2.36. The predicted octanol–water partition coefficient (Wildman–Crippen LogP) is 5.76. The maximum Gasteiger partial charge on any atom is 0.209 e. The van der Waals surface area contributed by atoms with Crippen molar-refractivity contribution in [2.75, 3.05) is 5.32 Å². The van der Waals surface area contributed by atoms with E-state index >= 15 is 0 Å². The third-order valence-electron chi connectivity index (χ3n) is 6.53. The zero-order valence-corrected chi connectivity index (χ0v) is 17.4. The lowest BCUT2D eigenvalue weighted by Crippen LogP contribution is -2.33. The molecule has 0 amide bonds. The highest BCUT2D eigenvalue weighted by Crippen LogP contribution is 2.45. The fraction of sp³-hybridized carbons (Fsp3) is 0.185. The van der Waals surface area contributed by atoms with Crippen molar-refractivity contribution in [3.63, 3.8) is 0 Å². The number of carbonyl (C=O) groups is 1. The van der Waals surface area contributed by atoms with Gasteiger partial charge in [0.2, 0.25) is 5.95 Å². The van der Waals surface area contributed by atoms with Gasteiger partial charge < -0.3 is 5.32 Å². The number of benzene rings is 3. The molecule has 0 bridgehead atoms. The van der Waals surface area contributed by atoms with Gasteiger partial charge in [-0.2, -0.15) is 0 Å². The van der Waals surface area contributed by atoms with Gasteiger partial charge in [-0.3, -0.25) is 9.36 Å². The third kappa shape index (κ3) is 2.90. The van der Waals surface area contributed by atoms with Crippen molar-refractivity contribution in [3.8, 4) is 0 Å². The molecule has 4 heteroatoms. The van der Waals surface area contributed by atoms with Crippen LogP contribution in [0.2, 0.25) is 0 Å². The molecule has 152 valence electrons. The van der Waals surface area contributed by atoms with Crippen molar-refractivity contribution in [1.82, 2.24) is 9.55 Å². The standard InChI is InChI=1S/C27H23N3O/c1-17-8-7-11-19(14-17)26-25-22(15-20(16-24(25)31)18-9-3-2-4-10-18)29-27-28-21-12-5-6-13-23(21)30(26)27/h2-14,20,26H,15-16H2,1H3,(H,28,29)/t20-,26+/m0/s1. The topological polar surface area (TPSA) is 46.9 Å². The molecule has 2 heterocycles. The molecule has 4 aromatic rings. The summed E-state index contributed by atoms with van der Waals surface area (Å²) in [6, 6.07) is 26.8. The Morgan fingerprint density at radius 1 is 0.903 bits per heavy atom. The highest BCUT2D eigenvalue weighted by molar-refractivity contribution is 6.01. The van der Waals surface area contributed by atoms with Gasteiger partial charge in [0, 0.05) is 17.7 Å². The Morgan fingerprint density at radius 2 is 1.68 bits per heavy atom. The van der Waals surface area contributed by atoms with E-state index in [1.54, 1.807) is 0 Å². The maximum atomic E-state index is 13.6. The van der Waals surface area contributed by atoms with Crippen LogP contribution in [0.15, 0.2) is 90.1 Å². The summed E-state index contributed by atoms with van der Waals surface area (Å²) in [5, 5.41) is 3.54. The van der Waals surface area contributed by atoms with Crippen molar-refractivity contribution in [3.05, 3.63) is 107 Å². The van der Waals surface area contributed by atoms with E-state index in [9.17, 15) is 4.79 Å². The Morgan fingerprint density at radius 3 is 2.52 bits per heavy atom. The van der Waals surface area contributed by atoms with Crippen molar-refractivity contribution in [2.24, 2.45) is 0 Å². The zero-order chi connectivity index (χ0) is 20.9. The van der Waals surface area contributed by atoms with E-state index in [2.05, 4.69) is 59.3 Å². The Hall–Kier alpha value is -3.66. The summed E-state index contributed by atoms with van der Waals surface area (Å²) in [6.45, 7) is 2.10. The van der Waals surface area contributed by atoms with Gasteiger partial charge in [0.05, 0.1) is 17.1 Å². The van der Waals surface area contributed by atoms with Crippen molar-refractivity contribution in [2.45, 2.75) is 31.7 Å². The molecule has 2 atom stereocenters. The molecule has 0 radical (unpaired) electrons. The first-order chi connectivity index (χ1) is 15.2. The van der Waals surface area contributed by atoms with Gasteiger partial charge >= 0.3 is 0 Å². The fourth-order valence-electron chi connectivity index (χ4n) is 5.14. The van der Waals surface area contributed by atoms with Crippen LogP contribution in [0.5, 0.6) is 0 Å². The second kappa shape index (κ2) is 6.95. The van der Waals surface area contributed by atoms with Crippen LogP contribution < -0.4 is 5.32 Å². The molecule has 2 aliphatic rings. The summed E-state index contributed by atoms with van der Waals surface area (Å²) in [4.78, 5) is 18.5. The highest BCUT2D eigenvalue weighted by Gasteiger charge is 2.39. The number of imidazole rings is 1. The second-order valence-corrected chi connectivity index (χ2v) is 8.57. The van der Waals surface area contributed by atoms with E-state index in [-0.39, 0.29) is 17.7 Å². The van der Waals surface area contributed by atoms with Crippen LogP contribution in [0, 0.1) is 6.92 Å². The molecule has 1 N–H and O–H groups in total. The normalized spacial score (nSPS) is 20.4. The molecule has 0 saturated heterocycles. The first kappa shape index (κ1) is 18.1. The van der Waals surface area contributed by atoms with Crippen LogP contribution in [0.3, 0.4) is 0 Å². The molecule has 1 aromatic heterocycles. The number of nitrogens with zero attached hydrogens (tertiary/aromatic N) is 2. The number of ketones is 1. The minimum absolute atomic E-state index is 0.164. The van der Waals surface area contributed by atoms with Crippen LogP contribution in [-0.2, 0) is 4.79 Å². The SMILES string of the molecule is Cc1cccc([C@@H]2C3=C(C[C@H](c4ccccc4)CC3=O)Nc3nc4ccccc4n32)c1. The van der Waals surface area contributed by atoms with Gasteiger partial charge in [0.15, 0.2) is 5.78 Å². The number of aryl methyl sites for hydroxylation is 1. The number of anilines is 1. The van der Waals surface area contributed by atoms with Crippen LogP contribution in [0.1, 0.15) is 41.5 Å². The van der Waals surface area contributed by atoms with E-state index < -0.39 is 0 Å². The fourth-order valence-corrected chi connectivity index (χ4v) is 5.14. The summed E-state index contributed by atoms with van der Waals surface area (Å²) < 4.78 is 2.20. The number of Topliss-reactive ketones (excluding diaryl/α,β-unsaturated/α-hetero) is 1. The number of para-hydroxylation sites is 2. The Bertz CT molecular complexity index is 1350. The summed E-state index contributed by atoms with van der Waals surface area (Å²) in [7, 11) is 0. The van der Waals surface area contributed by atoms with Gasteiger partial charge in [-0.25, -0.2) is 4.98 Å². The second-order valence-electron chi connectivity index (χ2n) is 8.57. The molecule has 0 saturated carbocycles. The molecule has 4 nitrogen and oxygen atoms in total. The number of hydrogen-bond donors (Lipinski definition) is 1. The smallest absolute Gasteiger partial charge is 0.209 e. The first-order valence-corrected chi connectivity index (χ1v) is 10.8. The minimum Gasteiger partial charge on any atom is -0.329 e. The summed E-state index contributed by atoms with van der Waals surface area (Å²) in [5.74, 6) is 1.22. The van der Waals surface area contributed by atoms with Gasteiger partial charge in [-0.1, -0.05) is 72.3 Å². The van der Waals surface area contributed by atoms with Gasteiger partial charge in [0.25, 0.3) is 0 Å². The first-order valence-electron chi connectivity index (χ1n) is 10.8. The van der Waals surface area contributed by atoms with Crippen molar-refractivity contribution in [1.29, 1.82) is 0 Å². The number of rotatable bonds is 2. The molecule has 1 aliphatic carbocycles. The van der Waals surface area contributed by atoms with E-state index in [1.807, 2.05) is 36.4 Å². The Labute approximate surface area is 181 Å². The number of aromatic nitrogens is 2. The molecule has 0 unspecified atom stereocenters. The number of carbonyl (C=O) groups excluding carboxylic acids is 1. The predicted molar refractivity (Wildman–Crippen MR) is 123 cm³/mol. The summed E-state index contributed by atoms with van der Waals surface area (Å²) in [5.41, 5.74) is 7.42. The largest absolute Gasteiger partial charge is 0.329 e. The van der Waals surface area contributed by atoms with Gasteiger partial charge in [0.1, 0.15) is 0 Å². The molecule has 31 heavy (non-hydrogen) atoms. The monoisotopic (exact) mass is 405 g/mol. The zero-order valence-electron chi connectivity index (χ0n) is 17.4. The van der Waals surface area contributed by atoms with E-state index in [0.29, 0.717) is 6.42 Å².